The third-order valence-corrected chi connectivity index (χ3v) is 5.66. The average Bonchev–Trinajstić information content (AvgIpc) is 2.91. The van der Waals surface area contributed by atoms with Crippen LogP contribution in [0.3, 0.4) is 0 Å². The molecule has 0 bridgehead atoms. The summed E-state index contributed by atoms with van der Waals surface area (Å²) in [6.07, 6.45) is 2.30. The second kappa shape index (κ2) is 15.0. The second-order valence-corrected chi connectivity index (χ2v) is 8.10. The van der Waals surface area contributed by atoms with Gasteiger partial charge in [-0.25, -0.2) is 0 Å². The van der Waals surface area contributed by atoms with Gasteiger partial charge < -0.3 is 0 Å². The molecule has 0 saturated carbocycles. The van der Waals surface area contributed by atoms with Gasteiger partial charge in [-0.1, -0.05) is 61.8 Å². The van der Waals surface area contributed by atoms with E-state index in [1.165, 1.54) is 28.0 Å². The average molecular weight is 449 g/mol. The molecule has 0 aliphatic carbocycles. The van der Waals surface area contributed by atoms with Crippen molar-refractivity contribution < 1.29 is 32.7 Å². The molecule has 0 aliphatic rings. The van der Waals surface area contributed by atoms with Crippen LogP contribution in [-0.4, -0.2) is 0 Å². The molecule has 2 aromatic rings. The summed E-state index contributed by atoms with van der Waals surface area (Å²) in [7, 11) is 0. The predicted molar refractivity (Wildman–Crippen MR) is 117 cm³/mol. The summed E-state index contributed by atoms with van der Waals surface area (Å²) < 4.78 is 0. The van der Waals surface area contributed by atoms with E-state index >= 15 is 0 Å². The first-order valence-electron chi connectivity index (χ1n) is 9.90. The van der Waals surface area contributed by atoms with Gasteiger partial charge in [-0.15, -0.1) is 11.3 Å². The molecule has 145 valence electrons. The minimum absolute atomic E-state index is 0. The fourth-order valence-corrected chi connectivity index (χ4v) is 4.27. The largest absolute Gasteiger partial charge is 0.180 e. The Bertz CT molecular complexity index is 609. The van der Waals surface area contributed by atoms with Crippen LogP contribution in [0.5, 0.6) is 0 Å². The van der Waals surface area contributed by atoms with Crippen LogP contribution < -0.4 is 0 Å². The van der Waals surface area contributed by atoms with Gasteiger partial charge in [-0.3, -0.25) is 0 Å². The van der Waals surface area contributed by atoms with E-state index in [-0.39, 0.29) is 32.7 Å². The summed E-state index contributed by atoms with van der Waals surface area (Å²) in [5.41, 5.74) is 5.85. The van der Waals surface area contributed by atoms with Crippen molar-refractivity contribution in [3.8, 4) is 0 Å². The van der Waals surface area contributed by atoms with E-state index < -0.39 is 0 Å². The molecule has 0 amide bonds. The van der Waals surface area contributed by atoms with E-state index in [1.54, 1.807) is 10.4 Å². The molecule has 2 rings (SSSR count). The van der Waals surface area contributed by atoms with Crippen LogP contribution in [0.25, 0.3) is 0 Å². The van der Waals surface area contributed by atoms with Crippen molar-refractivity contribution in [3.05, 3.63) is 56.3 Å². The van der Waals surface area contributed by atoms with Gasteiger partial charge in [-0.05, 0) is 43.2 Å². The van der Waals surface area contributed by atoms with Gasteiger partial charge in [0.1, 0.15) is 0 Å². The quantitative estimate of drug-likeness (QED) is 0.413. The topological polar surface area (TPSA) is 0 Å². The summed E-state index contributed by atoms with van der Waals surface area (Å²) in [6.45, 7) is 21.9. The Balaban J connectivity index is 0. The third kappa shape index (κ3) is 8.81. The van der Waals surface area contributed by atoms with E-state index in [0.29, 0.717) is 11.8 Å². The molecule has 0 saturated heterocycles. The SMILES string of the molecule is CC.CCc1cc[c-]c(C(C)C)c1.CCc1sc(C)c(C(C)C)c1C.[Y]. The normalized spacial score (nSPS) is 9.85. The van der Waals surface area contributed by atoms with Crippen LogP contribution >= 0.6 is 11.3 Å². The van der Waals surface area contributed by atoms with E-state index in [2.05, 4.69) is 73.6 Å². The van der Waals surface area contributed by atoms with Crippen LogP contribution in [-0.2, 0) is 45.6 Å². The third-order valence-electron chi connectivity index (χ3n) is 4.29. The van der Waals surface area contributed by atoms with Crippen molar-refractivity contribution in [2.24, 2.45) is 0 Å². The maximum atomic E-state index is 3.24. The van der Waals surface area contributed by atoms with E-state index in [9.17, 15) is 0 Å². The molecule has 0 spiro atoms. The molecule has 1 heterocycles. The van der Waals surface area contributed by atoms with Gasteiger partial charge in [0.25, 0.3) is 0 Å². The Morgan fingerprint density at radius 1 is 0.962 bits per heavy atom. The Morgan fingerprint density at radius 2 is 1.54 bits per heavy atom. The summed E-state index contributed by atoms with van der Waals surface area (Å²) in [5, 5.41) is 0. The number of thiophene rings is 1. The van der Waals surface area contributed by atoms with Gasteiger partial charge in [0.05, 0.1) is 0 Å². The van der Waals surface area contributed by atoms with E-state index in [0.717, 1.165) is 6.42 Å². The number of hydrogen-bond donors (Lipinski definition) is 0. The van der Waals surface area contributed by atoms with Crippen molar-refractivity contribution >= 4 is 11.3 Å². The monoisotopic (exact) mass is 448 g/mol. The standard InChI is InChI=1S/C11H18S.C11H15.C2H6.Y/c1-6-10-8(4)11(7(2)3)9(5)12-10;1-4-10-6-5-7-11(8-10)9(2)3;1-2;/h7H,6H2,1-5H3;5-6,8-9H,4H2,1-3H3;1-2H3;/q;-1;;. The number of benzene rings is 1. The fourth-order valence-electron chi connectivity index (χ4n) is 3.00. The van der Waals surface area contributed by atoms with Crippen molar-refractivity contribution in [3.63, 3.8) is 0 Å². The maximum absolute atomic E-state index is 3.24. The smallest absolute Gasteiger partial charge is 0.00774 e. The molecular formula is C24H39SY-. The van der Waals surface area contributed by atoms with Gasteiger partial charge in [0, 0.05) is 42.5 Å². The van der Waals surface area contributed by atoms with E-state index in [4.69, 9.17) is 0 Å². The van der Waals surface area contributed by atoms with Gasteiger partial charge >= 0.3 is 0 Å². The first-order valence-corrected chi connectivity index (χ1v) is 10.7. The van der Waals surface area contributed by atoms with Crippen molar-refractivity contribution in [1.82, 2.24) is 0 Å². The van der Waals surface area contributed by atoms with Crippen molar-refractivity contribution in [2.45, 2.75) is 93.9 Å². The summed E-state index contributed by atoms with van der Waals surface area (Å²) in [5.74, 6) is 1.28. The van der Waals surface area contributed by atoms with E-state index in [1.807, 2.05) is 31.3 Å². The molecule has 0 N–H and O–H groups in total. The minimum Gasteiger partial charge on any atom is -0.180 e. The molecule has 26 heavy (non-hydrogen) atoms. The second-order valence-electron chi connectivity index (χ2n) is 6.79. The van der Waals surface area contributed by atoms with Crippen molar-refractivity contribution in [1.29, 1.82) is 0 Å². The number of rotatable bonds is 4. The van der Waals surface area contributed by atoms with Crippen LogP contribution in [0, 0.1) is 19.9 Å². The molecule has 0 atom stereocenters. The molecule has 1 aromatic heterocycles. The molecule has 0 unspecified atom stereocenters. The summed E-state index contributed by atoms with van der Waals surface area (Å²) >= 11 is 1.97. The predicted octanol–water partition coefficient (Wildman–Crippen LogP) is 8.25. The zero-order chi connectivity index (χ0) is 19.6. The number of aryl methyl sites for hydroxylation is 3. The Hall–Kier alpha value is 0.0239. The molecule has 1 aromatic carbocycles. The zero-order valence-electron chi connectivity index (χ0n) is 18.8. The zero-order valence-corrected chi connectivity index (χ0v) is 22.4. The molecule has 0 aliphatic heterocycles. The minimum atomic E-state index is 0. The molecule has 2 heteroatoms. The molecule has 0 nitrogen and oxygen atoms in total. The van der Waals surface area contributed by atoms with Gasteiger partial charge in [-0.2, -0.15) is 35.4 Å². The van der Waals surface area contributed by atoms with Crippen LogP contribution in [0.2, 0.25) is 0 Å². The van der Waals surface area contributed by atoms with Crippen LogP contribution in [0.1, 0.15) is 99.2 Å². The Morgan fingerprint density at radius 3 is 1.88 bits per heavy atom. The maximum Gasteiger partial charge on any atom is 0.00774 e. The van der Waals surface area contributed by atoms with Crippen LogP contribution in [0.4, 0.5) is 0 Å². The first-order chi connectivity index (χ1) is 11.8. The molecular weight excluding hydrogens is 409 g/mol. The fraction of sp³-hybridized carbons (Fsp3) is 0.583. The first kappa shape index (κ1) is 28.2. The van der Waals surface area contributed by atoms with Gasteiger partial charge in [0.2, 0.25) is 0 Å². The van der Waals surface area contributed by atoms with Crippen molar-refractivity contribution in [2.75, 3.05) is 0 Å². The summed E-state index contributed by atoms with van der Waals surface area (Å²) in [6, 6.07) is 9.64. The van der Waals surface area contributed by atoms with Gasteiger partial charge in [0.15, 0.2) is 0 Å². The van der Waals surface area contributed by atoms with Crippen LogP contribution in [0.15, 0.2) is 18.2 Å². The molecule has 1 radical (unpaired) electrons. The Labute approximate surface area is 193 Å². The Kier molecular flexibility index (Phi) is 16.3. The summed E-state index contributed by atoms with van der Waals surface area (Å²) in [4.78, 5) is 3.08. The number of hydrogen-bond acceptors (Lipinski definition) is 1. The molecule has 0 fully saturated rings.